The number of carbonyl (C=O) groups is 1. The Kier molecular flexibility index (Phi) is 5.74. The molecular weight excluding hydrogens is 408 g/mol. The van der Waals surface area contributed by atoms with Crippen LogP contribution in [-0.2, 0) is 23.0 Å². The number of hydrogen-bond donors (Lipinski definition) is 1. The lowest BCUT2D eigenvalue weighted by Gasteiger charge is -2.30. The number of nitrogens with zero attached hydrogens (tertiary/aromatic N) is 3. The molecule has 0 radical (unpaired) electrons. The van der Waals surface area contributed by atoms with Crippen LogP contribution >= 0.6 is 11.3 Å². The fraction of sp³-hybridized carbons (Fsp3) is 0.500. The zero-order chi connectivity index (χ0) is 20.6. The Labute approximate surface area is 175 Å². The minimum absolute atomic E-state index is 0.232. The Morgan fingerprint density at radius 3 is 2.72 bits per heavy atom. The molecule has 1 aromatic heterocycles. The van der Waals surface area contributed by atoms with Crippen molar-refractivity contribution in [3.63, 3.8) is 0 Å². The van der Waals surface area contributed by atoms with Crippen LogP contribution in [0.1, 0.15) is 40.7 Å². The Morgan fingerprint density at radius 1 is 1.24 bits per heavy atom. The molecule has 2 aliphatic heterocycles. The molecule has 1 aromatic carbocycles. The number of amides is 1. The Morgan fingerprint density at radius 2 is 2.00 bits per heavy atom. The van der Waals surface area contributed by atoms with E-state index in [1.165, 1.54) is 28.3 Å². The van der Waals surface area contributed by atoms with Gasteiger partial charge in [-0.25, -0.2) is 13.4 Å². The molecule has 2 aliphatic rings. The van der Waals surface area contributed by atoms with Crippen molar-refractivity contribution in [3.05, 3.63) is 40.4 Å². The predicted molar refractivity (Wildman–Crippen MR) is 114 cm³/mol. The highest BCUT2D eigenvalue weighted by molar-refractivity contribution is 7.89. The average Bonchev–Trinajstić information content (AvgIpc) is 3.09. The summed E-state index contributed by atoms with van der Waals surface area (Å²) in [5.41, 5.74) is 1.47. The van der Waals surface area contributed by atoms with Gasteiger partial charge in [0.2, 0.25) is 10.0 Å². The summed E-state index contributed by atoms with van der Waals surface area (Å²) in [6, 6.07) is 6.17. The van der Waals surface area contributed by atoms with Crippen molar-refractivity contribution in [1.29, 1.82) is 0 Å². The Balaban J connectivity index is 1.45. The number of anilines is 1. The topological polar surface area (TPSA) is 82.6 Å². The van der Waals surface area contributed by atoms with E-state index in [0.29, 0.717) is 29.7 Å². The third-order valence-electron chi connectivity index (χ3n) is 5.52. The molecule has 4 rings (SSSR count). The first-order chi connectivity index (χ1) is 13.8. The molecule has 7 nitrogen and oxygen atoms in total. The standard InChI is InChI=1S/C20H26N4O3S2/c1-14-4-3-10-24(12-14)29(26,27)16-7-5-15(6-8-16)19(25)22-20-21-17-9-11-23(2)13-18(17)28-20/h5-8,14H,3-4,9-13H2,1-2H3,(H,21,22,25)/t14-/m1/s1. The first-order valence-electron chi connectivity index (χ1n) is 9.91. The number of piperidine rings is 1. The highest BCUT2D eigenvalue weighted by Crippen LogP contribution is 2.28. The molecule has 1 saturated heterocycles. The largest absolute Gasteiger partial charge is 0.301 e. The number of fused-ring (bicyclic) bond motifs is 1. The predicted octanol–water partition coefficient (Wildman–Crippen LogP) is 2.80. The number of hydrogen-bond acceptors (Lipinski definition) is 6. The average molecular weight is 435 g/mol. The number of likely N-dealkylation sites (N-methyl/N-ethyl adjacent to an activating group) is 1. The van der Waals surface area contributed by atoms with Crippen LogP contribution in [0, 0.1) is 5.92 Å². The van der Waals surface area contributed by atoms with Gasteiger partial charge >= 0.3 is 0 Å². The van der Waals surface area contributed by atoms with Crippen LogP contribution in [0.4, 0.5) is 5.13 Å². The number of benzene rings is 1. The molecule has 156 valence electrons. The Hall–Kier alpha value is -1.81. The maximum atomic E-state index is 12.9. The van der Waals surface area contributed by atoms with Gasteiger partial charge < -0.3 is 4.90 Å². The fourth-order valence-electron chi connectivity index (χ4n) is 3.84. The van der Waals surface area contributed by atoms with Crippen molar-refractivity contribution in [3.8, 4) is 0 Å². The van der Waals surface area contributed by atoms with Crippen LogP contribution in [0.2, 0.25) is 0 Å². The zero-order valence-corrected chi connectivity index (χ0v) is 18.4. The molecule has 3 heterocycles. The third kappa shape index (κ3) is 4.37. The summed E-state index contributed by atoms with van der Waals surface area (Å²) in [7, 11) is -1.45. The Bertz CT molecular complexity index is 1000. The summed E-state index contributed by atoms with van der Waals surface area (Å²) in [5.74, 6) is 0.0903. The number of nitrogens with one attached hydrogen (secondary N) is 1. The minimum atomic E-state index is -3.52. The van der Waals surface area contributed by atoms with Crippen molar-refractivity contribution in [2.45, 2.75) is 37.6 Å². The molecule has 29 heavy (non-hydrogen) atoms. The van der Waals surface area contributed by atoms with Crippen LogP contribution in [0.25, 0.3) is 0 Å². The van der Waals surface area contributed by atoms with Crippen molar-refractivity contribution in [2.24, 2.45) is 5.92 Å². The highest BCUT2D eigenvalue weighted by atomic mass is 32.2. The highest BCUT2D eigenvalue weighted by Gasteiger charge is 2.28. The van der Waals surface area contributed by atoms with E-state index < -0.39 is 10.0 Å². The number of carbonyl (C=O) groups excluding carboxylic acids is 1. The van der Waals surface area contributed by atoms with Crippen LogP contribution in [0.15, 0.2) is 29.2 Å². The number of rotatable bonds is 4. The minimum Gasteiger partial charge on any atom is -0.301 e. The van der Waals surface area contributed by atoms with Gasteiger partial charge in [0, 0.05) is 43.0 Å². The van der Waals surface area contributed by atoms with E-state index in [0.717, 1.165) is 38.0 Å². The molecule has 1 fully saturated rings. The molecule has 0 aliphatic carbocycles. The van der Waals surface area contributed by atoms with E-state index in [1.807, 2.05) is 0 Å². The normalized spacial score (nSPS) is 21.0. The van der Waals surface area contributed by atoms with Gasteiger partial charge in [-0.1, -0.05) is 6.92 Å². The van der Waals surface area contributed by atoms with E-state index in [9.17, 15) is 13.2 Å². The first-order valence-corrected chi connectivity index (χ1v) is 12.2. The molecule has 1 atom stereocenters. The summed E-state index contributed by atoms with van der Waals surface area (Å²) < 4.78 is 27.3. The summed E-state index contributed by atoms with van der Waals surface area (Å²) >= 11 is 1.50. The summed E-state index contributed by atoms with van der Waals surface area (Å²) in [4.78, 5) is 20.8. The molecule has 0 unspecified atom stereocenters. The number of sulfonamides is 1. The maximum absolute atomic E-state index is 12.9. The fourth-order valence-corrected chi connectivity index (χ4v) is 6.52. The zero-order valence-electron chi connectivity index (χ0n) is 16.7. The van der Waals surface area contributed by atoms with E-state index in [2.05, 4.69) is 29.2 Å². The van der Waals surface area contributed by atoms with Gasteiger partial charge in [-0.15, -0.1) is 11.3 Å². The van der Waals surface area contributed by atoms with Crippen LogP contribution in [0.5, 0.6) is 0 Å². The molecule has 9 heteroatoms. The quantitative estimate of drug-likeness (QED) is 0.800. The summed E-state index contributed by atoms with van der Waals surface area (Å²) in [5, 5.41) is 3.44. The molecular formula is C20H26N4O3S2. The van der Waals surface area contributed by atoms with Gasteiger partial charge in [-0.05, 0) is 50.1 Å². The van der Waals surface area contributed by atoms with Gasteiger partial charge in [0.1, 0.15) is 0 Å². The maximum Gasteiger partial charge on any atom is 0.257 e. The molecule has 0 spiro atoms. The van der Waals surface area contributed by atoms with Gasteiger partial charge in [0.25, 0.3) is 5.91 Å². The SMILES string of the molecule is C[C@@H]1CCCN(S(=O)(=O)c2ccc(C(=O)Nc3nc4c(s3)CN(C)CC4)cc2)C1. The molecule has 2 aromatic rings. The molecule has 1 N–H and O–H groups in total. The van der Waals surface area contributed by atoms with E-state index >= 15 is 0 Å². The molecule has 1 amide bonds. The molecule has 0 bridgehead atoms. The lowest BCUT2D eigenvalue weighted by Crippen LogP contribution is -2.39. The smallest absolute Gasteiger partial charge is 0.257 e. The summed E-state index contributed by atoms with van der Waals surface area (Å²) in [6.07, 6.45) is 2.83. The van der Waals surface area contributed by atoms with Crippen LogP contribution in [-0.4, -0.2) is 55.2 Å². The van der Waals surface area contributed by atoms with Gasteiger partial charge in [0.05, 0.1) is 10.6 Å². The van der Waals surface area contributed by atoms with Crippen molar-refractivity contribution in [1.82, 2.24) is 14.2 Å². The van der Waals surface area contributed by atoms with Gasteiger partial charge in [-0.2, -0.15) is 4.31 Å². The second-order valence-electron chi connectivity index (χ2n) is 7.97. The first kappa shape index (κ1) is 20.5. The van der Waals surface area contributed by atoms with Crippen molar-refractivity contribution in [2.75, 3.05) is 32.0 Å². The van der Waals surface area contributed by atoms with E-state index in [1.54, 1.807) is 16.4 Å². The molecule has 0 saturated carbocycles. The van der Waals surface area contributed by atoms with E-state index in [-0.39, 0.29) is 10.8 Å². The summed E-state index contributed by atoms with van der Waals surface area (Å²) in [6.45, 7) is 5.00. The second-order valence-corrected chi connectivity index (χ2v) is 11.0. The van der Waals surface area contributed by atoms with Crippen LogP contribution in [0.3, 0.4) is 0 Å². The second kappa shape index (κ2) is 8.14. The van der Waals surface area contributed by atoms with E-state index in [4.69, 9.17) is 0 Å². The number of thiazole rings is 1. The van der Waals surface area contributed by atoms with Crippen molar-refractivity contribution < 1.29 is 13.2 Å². The lowest BCUT2D eigenvalue weighted by atomic mass is 10.0. The third-order valence-corrected chi connectivity index (χ3v) is 8.39. The monoisotopic (exact) mass is 434 g/mol. The van der Waals surface area contributed by atoms with Gasteiger partial charge in [0.15, 0.2) is 5.13 Å². The van der Waals surface area contributed by atoms with Gasteiger partial charge in [-0.3, -0.25) is 10.1 Å². The number of aromatic nitrogens is 1. The van der Waals surface area contributed by atoms with Crippen molar-refractivity contribution >= 4 is 32.4 Å². The lowest BCUT2D eigenvalue weighted by molar-refractivity contribution is 0.102. The van der Waals surface area contributed by atoms with Crippen LogP contribution < -0.4 is 5.32 Å².